The molecule has 0 radical (unpaired) electrons. The lowest BCUT2D eigenvalue weighted by atomic mass is 9.77. The minimum Gasteiger partial charge on any atom is -0.494 e. The van der Waals surface area contributed by atoms with Crippen LogP contribution in [0.25, 0.3) is 0 Å². The fourth-order valence-corrected chi connectivity index (χ4v) is 2.13. The van der Waals surface area contributed by atoms with Crippen molar-refractivity contribution in [3.63, 3.8) is 0 Å². The number of urea groups is 1. The molecule has 0 spiro atoms. The summed E-state index contributed by atoms with van der Waals surface area (Å²) >= 11 is 0. The number of carboxylic acid groups (broad SMARTS) is 1. The van der Waals surface area contributed by atoms with Crippen molar-refractivity contribution in [1.29, 1.82) is 0 Å². The number of nitrogens with one attached hydrogen (secondary N) is 2. The Bertz CT molecular complexity index is 512. The van der Waals surface area contributed by atoms with Gasteiger partial charge in [0.2, 0.25) is 0 Å². The standard InChI is InChI=1S/C14H18N2O4/c1-2-20-11-6-3-5-10(9-11)15-13(19)16-14(12(17)18)7-4-8-14/h3,5-6,9H,2,4,7-8H2,1H3,(H,17,18)(H2,15,16,19). The molecule has 1 fully saturated rings. The average Bonchev–Trinajstić information content (AvgIpc) is 2.34. The molecule has 0 aromatic heterocycles. The van der Waals surface area contributed by atoms with Crippen LogP contribution in [0, 0.1) is 0 Å². The SMILES string of the molecule is CCOc1cccc(NC(=O)NC2(C(=O)O)CCC2)c1. The maximum atomic E-state index is 11.9. The molecule has 0 atom stereocenters. The van der Waals surface area contributed by atoms with E-state index >= 15 is 0 Å². The van der Waals surface area contributed by atoms with Gasteiger partial charge in [0.05, 0.1) is 6.61 Å². The molecule has 20 heavy (non-hydrogen) atoms. The fourth-order valence-electron chi connectivity index (χ4n) is 2.13. The number of benzene rings is 1. The molecule has 1 aromatic carbocycles. The molecule has 1 aliphatic carbocycles. The summed E-state index contributed by atoms with van der Waals surface area (Å²) in [5.74, 6) is -0.330. The Morgan fingerprint density at radius 1 is 1.40 bits per heavy atom. The van der Waals surface area contributed by atoms with Crippen LogP contribution in [0.1, 0.15) is 26.2 Å². The normalized spacial score (nSPS) is 15.8. The Morgan fingerprint density at radius 2 is 2.15 bits per heavy atom. The fraction of sp³-hybridized carbons (Fsp3) is 0.429. The van der Waals surface area contributed by atoms with Crippen LogP contribution in [0.2, 0.25) is 0 Å². The molecule has 0 heterocycles. The smallest absolute Gasteiger partial charge is 0.329 e. The highest BCUT2D eigenvalue weighted by atomic mass is 16.5. The number of carboxylic acids is 1. The van der Waals surface area contributed by atoms with Crippen LogP contribution in [-0.4, -0.2) is 29.3 Å². The quantitative estimate of drug-likeness (QED) is 0.770. The average molecular weight is 278 g/mol. The number of carbonyl (C=O) groups is 2. The van der Waals surface area contributed by atoms with E-state index in [-0.39, 0.29) is 0 Å². The number of anilines is 1. The predicted octanol–water partition coefficient (Wildman–Crippen LogP) is 2.21. The molecular formula is C14H18N2O4. The van der Waals surface area contributed by atoms with Gasteiger partial charge >= 0.3 is 12.0 Å². The van der Waals surface area contributed by atoms with E-state index in [1.165, 1.54) is 0 Å². The minimum atomic E-state index is -1.11. The van der Waals surface area contributed by atoms with Gasteiger partial charge in [-0.15, -0.1) is 0 Å². The second kappa shape index (κ2) is 5.81. The van der Waals surface area contributed by atoms with Crippen LogP contribution in [0.15, 0.2) is 24.3 Å². The first kappa shape index (κ1) is 14.2. The molecule has 1 saturated carbocycles. The third-order valence-electron chi connectivity index (χ3n) is 3.37. The number of rotatable bonds is 5. The zero-order valence-electron chi connectivity index (χ0n) is 11.3. The zero-order chi connectivity index (χ0) is 14.6. The van der Waals surface area contributed by atoms with E-state index in [1.54, 1.807) is 24.3 Å². The summed E-state index contributed by atoms with van der Waals surface area (Å²) in [4.78, 5) is 23.0. The molecule has 0 unspecified atom stereocenters. The van der Waals surface area contributed by atoms with Gasteiger partial charge in [-0.05, 0) is 38.3 Å². The van der Waals surface area contributed by atoms with Gasteiger partial charge in [-0.1, -0.05) is 6.07 Å². The van der Waals surface area contributed by atoms with Crippen molar-refractivity contribution in [2.45, 2.75) is 31.7 Å². The maximum absolute atomic E-state index is 11.9. The third kappa shape index (κ3) is 3.01. The molecule has 2 amide bonds. The number of amides is 2. The first-order valence-corrected chi connectivity index (χ1v) is 6.61. The highest BCUT2D eigenvalue weighted by Gasteiger charge is 2.45. The van der Waals surface area contributed by atoms with Gasteiger partial charge in [-0.2, -0.15) is 0 Å². The van der Waals surface area contributed by atoms with Crippen molar-refractivity contribution in [3.8, 4) is 5.75 Å². The monoisotopic (exact) mass is 278 g/mol. The van der Waals surface area contributed by atoms with Gasteiger partial charge in [0.15, 0.2) is 0 Å². The van der Waals surface area contributed by atoms with E-state index in [0.29, 0.717) is 30.9 Å². The largest absolute Gasteiger partial charge is 0.494 e. The Kier molecular flexibility index (Phi) is 4.12. The van der Waals surface area contributed by atoms with Gasteiger partial charge in [0.25, 0.3) is 0 Å². The van der Waals surface area contributed by atoms with Crippen LogP contribution in [0.5, 0.6) is 5.75 Å². The lowest BCUT2D eigenvalue weighted by Gasteiger charge is -2.38. The molecule has 6 nitrogen and oxygen atoms in total. The van der Waals surface area contributed by atoms with Gasteiger partial charge in [0, 0.05) is 11.8 Å². The Morgan fingerprint density at radius 3 is 2.70 bits per heavy atom. The molecule has 0 bridgehead atoms. The predicted molar refractivity (Wildman–Crippen MR) is 74.0 cm³/mol. The van der Waals surface area contributed by atoms with E-state index in [9.17, 15) is 9.59 Å². The summed E-state index contributed by atoms with van der Waals surface area (Å²) < 4.78 is 5.33. The number of aliphatic carboxylic acids is 1. The van der Waals surface area contributed by atoms with Gasteiger partial charge in [-0.3, -0.25) is 0 Å². The van der Waals surface area contributed by atoms with Crippen LogP contribution < -0.4 is 15.4 Å². The van der Waals surface area contributed by atoms with Crippen LogP contribution in [-0.2, 0) is 4.79 Å². The third-order valence-corrected chi connectivity index (χ3v) is 3.37. The second-order valence-electron chi connectivity index (χ2n) is 4.78. The summed E-state index contributed by atoms with van der Waals surface area (Å²) in [6.45, 7) is 2.41. The molecule has 2 rings (SSSR count). The molecule has 0 aliphatic heterocycles. The molecule has 1 aliphatic rings. The Balaban J connectivity index is 1.97. The Hall–Kier alpha value is -2.24. The highest BCUT2D eigenvalue weighted by Crippen LogP contribution is 2.32. The highest BCUT2D eigenvalue weighted by molar-refractivity contribution is 5.94. The molecule has 1 aromatic rings. The van der Waals surface area contributed by atoms with E-state index in [1.807, 2.05) is 6.92 Å². The van der Waals surface area contributed by atoms with Crippen LogP contribution in [0.3, 0.4) is 0 Å². The van der Waals surface area contributed by atoms with E-state index in [0.717, 1.165) is 6.42 Å². The number of ether oxygens (including phenoxy) is 1. The summed E-state index contributed by atoms with van der Waals surface area (Å²) in [5, 5.41) is 14.3. The van der Waals surface area contributed by atoms with Gasteiger partial charge in [-0.25, -0.2) is 9.59 Å². The molecular weight excluding hydrogens is 260 g/mol. The van der Waals surface area contributed by atoms with E-state index in [2.05, 4.69) is 10.6 Å². The topological polar surface area (TPSA) is 87.7 Å². The first-order valence-electron chi connectivity index (χ1n) is 6.61. The lowest BCUT2D eigenvalue weighted by molar-refractivity contribution is -0.148. The summed E-state index contributed by atoms with van der Waals surface area (Å²) in [7, 11) is 0. The van der Waals surface area contributed by atoms with E-state index < -0.39 is 17.5 Å². The van der Waals surface area contributed by atoms with Gasteiger partial charge in [0.1, 0.15) is 11.3 Å². The second-order valence-corrected chi connectivity index (χ2v) is 4.78. The van der Waals surface area contributed by atoms with Crippen molar-refractivity contribution < 1.29 is 19.4 Å². The van der Waals surface area contributed by atoms with Crippen molar-refractivity contribution in [1.82, 2.24) is 5.32 Å². The first-order chi connectivity index (χ1) is 9.55. The Labute approximate surface area is 117 Å². The molecule has 0 saturated heterocycles. The van der Waals surface area contributed by atoms with Crippen molar-refractivity contribution in [2.24, 2.45) is 0 Å². The van der Waals surface area contributed by atoms with Crippen LogP contribution in [0.4, 0.5) is 10.5 Å². The lowest BCUT2D eigenvalue weighted by Crippen LogP contribution is -2.60. The summed E-state index contributed by atoms with van der Waals surface area (Å²) in [6.07, 6.45) is 1.75. The van der Waals surface area contributed by atoms with Crippen molar-refractivity contribution in [3.05, 3.63) is 24.3 Å². The minimum absolute atomic E-state index is 0.467. The number of hydrogen-bond acceptors (Lipinski definition) is 3. The summed E-state index contributed by atoms with van der Waals surface area (Å²) in [5.41, 5.74) is -0.546. The zero-order valence-corrected chi connectivity index (χ0v) is 11.3. The molecule has 3 N–H and O–H groups in total. The summed E-state index contributed by atoms with van der Waals surface area (Å²) in [6, 6.07) is 6.45. The molecule has 108 valence electrons. The van der Waals surface area contributed by atoms with E-state index in [4.69, 9.17) is 9.84 Å². The maximum Gasteiger partial charge on any atom is 0.329 e. The van der Waals surface area contributed by atoms with Crippen molar-refractivity contribution >= 4 is 17.7 Å². The van der Waals surface area contributed by atoms with Crippen molar-refractivity contribution in [2.75, 3.05) is 11.9 Å². The number of carbonyl (C=O) groups excluding carboxylic acids is 1. The molecule has 6 heteroatoms. The van der Waals surface area contributed by atoms with Crippen LogP contribution >= 0.6 is 0 Å². The van der Waals surface area contributed by atoms with Gasteiger partial charge < -0.3 is 20.5 Å². The number of hydrogen-bond donors (Lipinski definition) is 3.